The Bertz CT molecular complexity index is 638. The second-order valence-corrected chi connectivity index (χ2v) is 4.50. The van der Waals surface area contributed by atoms with Crippen molar-refractivity contribution in [3.63, 3.8) is 0 Å². The lowest BCUT2D eigenvalue weighted by Gasteiger charge is -2.34. The van der Waals surface area contributed by atoms with E-state index in [2.05, 4.69) is 4.98 Å². The Morgan fingerprint density at radius 3 is 2.67 bits per heavy atom. The summed E-state index contributed by atoms with van der Waals surface area (Å²) >= 11 is 0. The van der Waals surface area contributed by atoms with Gasteiger partial charge in [-0.15, -0.1) is 0 Å². The summed E-state index contributed by atoms with van der Waals surface area (Å²) in [7, 11) is 0. The van der Waals surface area contributed by atoms with Crippen LogP contribution in [-0.4, -0.2) is 20.6 Å². The highest BCUT2D eigenvalue weighted by atomic mass is 19.2. The summed E-state index contributed by atoms with van der Waals surface area (Å²) in [5, 5.41) is 9.01. The van der Waals surface area contributed by atoms with Crippen LogP contribution in [0.5, 0.6) is 0 Å². The summed E-state index contributed by atoms with van der Waals surface area (Å²) in [6, 6.07) is 1.86. The molecule has 18 heavy (non-hydrogen) atoms. The van der Waals surface area contributed by atoms with Gasteiger partial charge in [-0.1, -0.05) is 0 Å². The van der Waals surface area contributed by atoms with E-state index in [4.69, 9.17) is 5.11 Å². The van der Waals surface area contributed by atoms with Gasteiger partial charge in [0.1, 0.15) is 0 Å². The van der Waals surface area contributed by atoms with Gasteiger partial charge in [0, 0.05) is 18.2 Å². The van der Waals surface area contributed by atoms with Crippen molar-refractivity contribution in [2.75, 3.05) is 0 Å². The maximum Gasteiger partial charge on any atom is 0.308 e. The molecule has 3 rings (SSSR count). The predicted molar refractivity (Wildman–Crippen MR) is 59.0 cm³/mol. The van der Waals surface area contributed by atoms with Gasteiger partial charge in [-0.3, -0.25) is 4.79 Å². The van der Waals surface area contributed by atoms with Crippen molar-refractivity contribution in [1.82, 2.24) is 9.55 Å². The third kappa shape index (κ3) is 1.48. The zero-order chi connectivity index (χ0) is 12.9. The molecule has 1 heterocycles. The van der Waals surface area contributed by atoms with E-state index in [-0.39, 0.29) is 6.04 Å². The van der Waals surface area contributed by atoms with Gasteiger partial charge in [-0.25, -0.2) is 13.8 Å². The molecule has 1 fully saturated rings. The first-order chi connectivity index (χ1) is 8.58. The van der Waals surface area contributed by atoms with Crippen molar-refractivity contribution in [3.8, 4) is 0 Å². The minimum Gasteiger partial charge on any atom is -0.481 e. The SMILES string of the molecule is O=C(O)C1CCC1n1cnc2cc(F)c(F)cc21. The average Bonchev–Trinajstić information content (AvgIpc) is 2.60. The number of aromatic nitrogens is 2. The Balaban J connectivity index is 2.08. The third-order valence-corrected chi connectivity index (χ3v) is 3.53. The quantitative estimate of drug-likeness (QED) is 0.892. The van der Waals surface area contributed by atoms with Gasteiger partial charge in [-0.2, -0.15) is 0 Å². The standard InChI is InChI=1S/C12H10F2N2O2/c13-7-3-9-11(4-8(7)14)16(5-15-9)10-2-1-6(10)12(17)18/h3-6,10H,1-2H2,(H,17,18). The van der Waals surface area contributed by atoms with Crippen LogP contribution in [0.2, 0.25) is 0 Å². The fourth-order valence-electron chi connectivity index (χ4n) is 2.39. The summed E-state index contributed by atoms with van der Waals surface area (Å²) < 4.78 is 27.9. The van der Waals surface area contributed by atoms with Crippen LogP contribution in [0.1, 0.15) is 18.9 Å². The molecule has 94 valence electrons. The second-order valence-electron chi connectivity index (χ2n) is 4.50. The number of nitrogens with zero attached hydrogens (tertiary/aromatic N) is 2. The highest BCUT2D eigenvalue weighted by molar-refractivity contribution is 5.77. The lowest BCUT2D eigenvalue weighted by Crippen LogP contribution is -2.34. The molecule has 0 saturated heterocycles. The minimum atomic E-state index is -0.949. The fourth-order valence-corrected chi connectivity index (χ4v) is 2.39. The van der Waals surface area contributed by atoms with Crippen LogP contribution in [-0.2, 0) is 4.79 Å². The molecule has 1 aromatic heterocycles. The van der Waals surface area contributed by atoms with E-state index in [1.165, 1.54) is 6.33 Å². The smallest absolute Gasteiger partial charge is 0.308 e. The molecule has 0 amide bonds. The molecule has 2 unspecified atom stereocenters. The summed E-state index contributed by atoms with van der Waals surface area (Å²) in [6.07, 6.45) is 2.76. The van der Waals surface area contributed by atoms with E-state index < -0.39 is 23.5 Å². The Morgan fingerprint density at radius 2 is 2.06 bits per heavy atom. The van der Waals surface area contributed by atoms with Crippen molar-refractivity contribution in [2.45, 2.75) is 18.9 Å². The van der Waals surface area contributed by atoms with E-state index in [0.717, 1.165) is 12.1 Å². The first-order valence-corrected chi connectivity index (χ1v) is 5.62. The zero-order valence-corrected chi connectivity index (χ0v) is 9.31. The van der Waals surface area contributed by atoms with E-state index >= 15 is 0 Å². The van der Waals surface area contributed by atoms with Crippen molar-refractivity contribution in [2.24, 2.45) is 5.92 Å². The molecule has 1 saturated carbocycles. The Hall–Kier alpha value is -1.98. The van der Waals surface area contributed by atoms with Gasteiger partial charge < -0.3 is 9.67 Å². The third-order valence-electron chi connectivity index (χ3n) is 3.53. The molecule has 2 aromatic rings. The molecule has 1 aromatic carbocycles. The van der Waals surface area contributed by atoms with Crippen LogP contribution in [0, 0.1) is 17.6 Å². The molecule has 0 radical (unpaired) electrons. The van der Waals surface area contributed by atoms with E-state index in [1.54, 1.807) is 4.57 Å². The first-order valence-electron chi connectivity index (χ1n) is 5.62. The summed E-state index contributed by atoms with van der Waals surface area (Å²) in [5.41, 5.74) is 0.773. The predicted octanol–water partition coefficient (Wildman–Crippen LogP) is 2.35. The number of hydrogen-bond acceptors (Lipinski definition) is 2. The zero-order valence-electron chi connectivity index (χ0n) is 9.31. The summed E-state index contributed by atoms with van der Waals surface area (Å²) in [6.45, 7) is 0. The second kappa shape index (κ2) is 3.76. The molecular weight excluding hydrogens is 242 g/mol. The molecule has 0 aliphatic heterocycles. The topological polar surface area (TPSA) is 55.1 Å². The largest absolute Gasteiger partial charge is 0.481 e. The number of rotatable bonds is 2. The van der Waals surface area contributed by atoms with E-state index in [9.17, 15) is 13.6 Å². The van der Waals surface area contributed by atoms with Gasteiger partial charge in [-0.05, 0) is 12.8 Å². The number of aliphatic carboxylic acids is 1. The van der Waals surface area contributed by atoms with Crippen LogP contribution in [0.15, 0.2) is 18.5 Å². The van der Waals surface area contributed by atoms with Crippen LogP contribution in [0.4, 0.5) is 8.78 Å². The molecule has 2 atom stereocenters. The van der Waals surface area contributed by atoms with E-state index in [1.807, 2.05) is 0 Å². The number of benzene rings is 1. The normalized spacial score (nSPS) is 23.0. The van der Waals surface area contributed by atoms with Crippen molar-refractivity contribution in [1.29, 1.82) is 0 Å². The molecule has 0 bridgehead atoms. The Labute approximate surface area is 101 Å². The average molecular weight is 252 g/mol. The molecule has 4 nitrogen and oxygen atoms in total. The number of fused-ring (bicyclic) bond motifs is 1. The molecule has 0 spiro atoms. The number of imidazole rings is 1. The summed E-state index contributed by atoms with van der Waals surface area (Å²) in [4.78, 5) is 15.0. The van der Waals surface area contributed by atoms with Crippen LogP contribution >= 0.6 is 0 Å². The lowest BCUT2D eigenvalue weighted by atomic mass is 9.79. The highest BCUT2D eigenvalue weighted by Gasteiger charge is 2.38. The molecule has 1 aliphatic carbocycles. The fraction of sp³-hybridized carbons (Fsp3) is 0.333. The number of halogens is 2. The molecule has 1 aliphatic rings. The monoisotopic (exact) mass is 252 g/mol. The Morgan fingerprint density at radius 1 is 1.33 bits per heavy atom. The lowest BCUT2D eigenvalue weighted by molar-refractivity contribution is -0.147. The van der Waals surface area contributed by atoms with Crippen LogP contribution in [0.3, 0.4) is 0 Å². The van der Waals surface area contributed by atoms with E-state index in [0.29, 0.717) is 23.9 Å². The molecule has 1 N–H and O–H groups in total. The van der Waals surface area contributed by atoms with Gasteiger partial charge in [0.15, 0.2) is 11.6 Å². The summed E-state index contributed by atoms with van der Waals surface area (Å²) in [5.74, 6) is -3.24. The molecular formula is C12H10F2N2O2. The molecule has 6 heteroatoms. The van der Waals surface area contributed by atoms with Gasteiger partial charge in [0.2, 0.25) is 0 Å². The van der Waals surface area contributed by atoms with Crippen LogP contribution in [0.25, 0.3) is 11.0 Å². The number of hydrogen-bond donors (Lipinski definition) is 1. The van der Waals surface area contributed by atoms with Crippen molar-refractivity contribution >= 4 is 17.0 Å². The van der Waals surface area contributed by atoms with Gasteiger partial charge in [0.05, 0.1) is 23.3 Å². The number of carboxylic acid groups (broad SMARTS) is 1. The van der Waals surface area contributed by atoms with Gasteiger partial charge >= 0.3 is 5.97 Å². The van der Waals surface area contributed by atoms with Gasteiger partial charge in [0.25, 0.3) is 0 Å². The van der Waals surface area contributed by atoms with Crippen LogP contribution < -0.4 is 0 Å². The minimum absolute atomic E-state index is 0.225. The number of carboxylic acids is 1. The maximum atomic E-state index is 13.2. The van der Waals surface area contributed by atoms with Crippen molar-refractivity contribution in [3.05, 3.63) is 30.1 Å². The highest BCUT2D eigenvalue weighted by Crippen LogP contribution is 2.40. The van der Waals surface area contributed by atoms with Crippen molar-refractivity contribution < 1.29 is 18.7 Å². The Kier molecular flexibility index (Phi) is 2.33. The maximum absolute atomic E-state index is 13.2. The first kappa shape index (κ1) is 11.1. The number of carbonyl (C=O) groups is 1.